The maximum Gasteiger partial charge on any atom is 0.00590 e. The molecule has 2 rings (SSSR count). The Morgan fingerprint density at radius 2 is 2.46 bits per heavy atom. The third-order valence-electron chi connectivity index (χ3n) is 3.05. The minimum absolute atomic E-state index is 0.684. The Labute approximate surface area is 80.3 Å². The largest absolute Gasteiger partial charge is 0.121 e. The molecular formula is C13H16. The molecule has 0 nitrogen and oxygen atoms in total. The summed E-state index contributed by atoms with van der Waals surface area (Å²) < 4.78 is 0. The van der Waals surface area contributed by atoms with Crippen molar-refractivity contribution in [3.63, 3.8) is 0 Å². The summed E-state index contributed by atoms with van der Waals surface area (Å²) in [6.07, 6.45) is 13.7. The van der Waals surface area contributed by atoms with Gasteiger partial charge in [0.2, 0.25) is 0 Å². The lowest BCUT2D eigenvalue weighted by Gasteiger charge is -2.29. The molecule has 1 saturated carbocycles. The van der Waals surface area contributed by atoms with Gasteiger partial charge < -0.3 is 0 Å². The van der Waals surface area contributed by atoms with Crippen LogP contribution in [0.4, 0.5) is 0 Å². The van der Waals surface area contributed by atoms with E-state index < -0.39 is 0 Å². The zero-order valence-electron chi connectivity index (χ0n) is 8.00. The Hall–Kier alpha value is -1.00. The van der Waals surface area contributed by atoms with Crippen LogP contribution in [0.25, 0.3) is 0 Å². The third-order valence-corrected chi connectivity index (χ3v) is 3.05. The zero-order chi connectivity index (χ0) is 9.10. The zero-order valence-corrected chi connectivity index (χ0v) is 8.00. The van der Waals surface area contributed by atoms with Crippen molar-refractivity contribution in [3.8, 4) is 0 Å². The summed E-state index contributed by atoms with van der Waals surface area (Å²) in [5.41, 5.74) is 4.93. The predicted octanol–water partition coefficient (Wildman–Crippen LogP) is 3.63. The predicted molar refractivity (Wildman–Crippen MR) is 56.4 cm³/mol. The van der Waals surface area contributed by atoms with E-state index >= 15 is 0 Å². The van der Waals surface area contributed by atoms with E-state index in [4.69, 9.17) is 0 Å². The highest BCUT2D eigenvalue weighted by molar-refractivity contribution is 5.26. The lowest BCUT2D eigenvalue weighted by molar-refractivity contribution is 0.408. The van der Waals surface area contributed by atoms with E-state index in [1.807, 2.05) is 12.2 Å². The van der Waals surface area contributed by atoms with Gasteiger partial charge in [-0.3, -0.25) is 0 Å². The van der Waals surface area contributed by atoms with Gasteiger partial charge in [0.05, 0.1) is 0 Å². The van der Waals surface area contributed by atoms with Crippen molar-refractivity contribution >= 4 is 0 Å². The van der Waals surface area contributed by atoms with Gasteiger partial charge in [0.15, 0.2) is 0 Å². The fourth-order valence-corrected chi connectivity index (χ4v) is 2.40. The molecule has 0 bridgehead atoms. The Morgan fingerprint density at radius 1 is 1.54 bits per heavy atom. The van der Waals surface area contributed by atoms with Crippen LogP contribution in [0.15, 0.2) is 42.2 Å². The maximum atomic E-state index is 3.82. The fraction of sp³-hybridized carbons (Fsp3) is 0.462. The minimum atomic E-state index is 0.684. The van der Waals surface area contributed by atoms with Gasteiger partial charge in [0, 0.05) is 5.92 Å². The average molecular weight is 172 g/mol. The second-order valence-corrected chi connectivity index (χ2v) is 3.91. The lowest BCUT2D eigenvalue weighted by Crippen LogP contribution is -2.17. The van der Waals surface area contributed by atoms with Crippen LogP contribution in [0.1, 0.15) is 25.7 Å². The van der Waals surface area contributed by atoms with Crippen molar-refractivity contribution in [2.45, 2.75) is 25.7 Å². The molecule has 13 heavy (non-hydrogen) atoms. The Bertz CT molecular complexity index is 287. The molecule has 0 aromatic carbocycles. The second kappa shape index (κ2) is 3.81. The quantitative estimate of drug-likeness (QED) is 0.441. The first kappa shape index (κ1) is 8.59. The summed E-state index contributed by atoms with van der Waals surface area (Å²) in [5.74, 6) is 1.40. The molecule has 0 heterocycles. The molecule has 2 unspecified atom stereocenters. The molecule has 0 saturated heterocycles. The van der Waals surface area contributed by atoms with E-state index in [-0.39, 0.29) is 0 Å². The van der Waals surface area contributed by atoms with Crippen LogP contribution >= 0.6 is 0 Å². The van der Waals surface area contributed by atoms with Crippen LogP contribution in [-0.2, 0) is 0 Å². The van der Waals surface area contributed by atoms with Crippen LogP contribution in [0, 0.1) is 11.8 Å². The first-order valence-corrected chi connectivity index (χ1v) is 5.16. The first-order valence-electron chi connectivity index (χ1n) is 5.16. The number of hydrogen-bond acceptors (Lipinski definition) is 0. The van der Waals surface area contributed by atoms with Crippen molar-refractivity contribution in [2.24, 2.45) is 11.8 Å². The molecule has 0 aromatic rings. The molecule has 68 valence electrons. The van der Waals surface area contributed by atoms with E-state index in [2.05, 4.69) is 24.5 Å². The monoisotopic (exact) mass is 172 g/mol. The minimum Gasteiger partial charge on any atom is -0.121 e. The Morgan fingerprint density at radius 3 is 3.31 bits per heavy atom. The number of fused-ring (bicyclic) bond motifs is 1. The Kier molecular flexibility index (Phi) is 2.52. The van der Waals surface area contributed by atoms with Crippen LogP contribution in [0.2, 0.25) is 0 Å². The molecule has 0 aliphatic heterocycles. The second-order valence-electron chi connectivity index (χ2n) is 3.91. The van der Waals surface area contributed by atoms with E-state index in [9.17, 15) is 0 Å². The highest BCUT2D eigenvalue weighted by Gasteiger charge is 2.25. The summed E-state index contributed by atoms with van der Waals surface area (Å²) >= 11 is 0. The highest BCUT2D eigenvalue weighted by Crippen LogP contribution is 2.37. The van der Waals surface area contributed by atoms with E-state index in [0.717, 1.165) is 12.3 Å². The topological polar surface area (TPSA) is 0 Å². The Balaban J connectivity index is 2.21. The van der Waals surface area contributed by atoms with Crippen molar-refractivity contribution in [1.82, 2.24) is 0 Å². The molecule has 0 N–H and O–H groups in total. The van der Waals surface area contributed by atoms with Crippen molar-refractivity contribution in [3.05, 3.63) is 42.2 Å². The van der Waals surface area contributed by atoms with Gasteiger partial charge in [-0.2, -0.15) is 0 Å². The molecular weight excluding hydrogens is 156 g/mol. The van der Waals surface area contributed by atoms with Crippen molar-refractivity contribution < 1.29 is 0 Å². The van der Waals surface area contributed by atoms with Crippen LogP contribution in [0.3, 0.4) is 0 Å². The smallest absolute Gasteiger partial charge is 0.00590 e. The molecule has 2 aliphatic carbocycles. The first-order chi connectivity index (χ1) is 6.42. The summed E-state index contributed by atoms with van der Waals surface area (Å²) in [6.45, 7) is 3.82. The van der Waals surface area contributed by atoms with Crippen LogP contribution < -0.4 is 0 Å². The molecule has 0 radical (unpaired) electrons. The summed E-state index contributed by atoms with van der Waals surface area (Å²) in [4.78, 5) is 0. The summed E-state index contributed by atoms with van der Waals surface area (Å²) in [7, 11) is 0. The van der Waals surface area contributed by atoms with Gasteiger partial charge in [-0.15, -0.1) is 12.3 Å². The number of rotatable bonds is 2. The van der Waals surface area contributed by atoms with E-state index in [1.165, 1.54) is 24.8 Å². The molecule has 0 aromatic heterocycles. The highest BCUT2D eigenvalue weighted by atomic mass is 14.3. The van der Waals surface area contributed by atoms with Gasteiger partial charge in [-0.1, -0.05) is 24.6 Å². The molecule has 2 atom stereocenters. The molecule has 0 spiro atoms. The maximum absolute atomic E-state index is 3.82. The van der Waals surface area contributed by atoms with E-state index in [1.54, 1.807) is 0 Å². The molecule has 0 heteroatoms. The average Bonchev–Trinajstić information content (AvgIpc) is 2.19. The summed E-state index contributed by atoms with van der Waals surface area (Å²) in [5, 5.41) is 0. The van der Waals surface area contributed by atoms with Gasteiger partial charge in [0.1, 0.15) is 0 Å². The van der Waals surface area contributed by atoms with Crippen molar-refractivity contribution in [2.75, 3.05) is 0 Å². The standard InChI is InChI=1S/C13H16/c1-2-6-11-8-5-9-12-7-3-4-10-13(11)12/h2-4,7,11-12H,1,5-6,8-9H2. The van der Waals surface area contributed by atoms with Crippen LogP contribution in [0.5, 0.6) is 0 Å². The molecule has 0 amide bonds. The number of allylic oxidation sites excluding steroid dienone is 4. The van der Waals surface area contributed by atoms with E-state index in [0.29, 0.717) is 5.92 Å². The van der Waals surface area contributed by atoms with Gasteiger partial charge >= 0.3 is 0 Å². The van der Waals surface area contributed by atoms with Gasteiger partial charge in [-0.25, -0.2) is 0 Å². The number of hydrogen-bond donors (Lipinski definition) is 0. The lowest BCUT2D eigenvalue weighted by atomic mass is 9.74. The molecule has 2 aliphatic rings. The van der Waals surface area contributed by atoms with Gasteiger partial charge in [-0.05, 0) is 36.8 Å². The normalized spacial score (nSPS) is 30.9. The molecule has 1 fully saturated rings. The SMILES string of the molecule is C=CCC1CCCC2C=CC=C=C21. The van der Waals surface area contributed by atoms with Crippen LogP contribution in [-0.4, -0.2) is 0 Å². The van der Waals surface area contributed by atoms with Crippen molar-refractivity contribution in [1.29, 1.82) is 0 Å². The summed E-state index contributed by atoms with van der Waals surface area (Å²) in [6, 6.07) is 0. The fourth-order valence-electron chi connectivity index (χ4n) is 2.40. The third kappa shape index (κ3) is 1.68. The van der Waals surface area contributed by atoms with Gasteiger partial charge in [0.25, 0.3) is 0 Å².